The fraction of sp³-hybridized carbons (Fsp3) is 0.394. The molecule has 0 aromatic heterocycles. The summed E-state index contributed by atoms with van der Waals surface area (Å²) < 4.78 is 40.6. The van der Waals surface area contributed by atoms with Crippen molar-refractivity contribution in [1.82, 2.24) is 10.2 Å². The molecule has 9 heteroatoms. The highest BCUT2D eigenvalue weighted by Crippen LogP contribution is 2.23. The molecule has 3 aromatic carbocycles. The maximum absolute atomic E-state index is 14.5. The average molecular weight is 594 g/mol. The molecule has 1 atom stereocenters. The van der Waals surface area contributed by atoms with Crippen molar-refractivity contribution in [3.8, 4) is 0 Å². The minimum absolute atomic E-state index is 0.00466. The second-order valence-corrected chi connectivity index (χ2v) is 12.9. The summed E-state index contributed by atoms with van der Waals surface area (Å²) in [7, 11) is -3.79. The molecule has 0 saturated heterocycles. The van der Waals surface area contributed by atoms with Gasteiger partial charge in [0.2, 0.25) is 21.8 Å². The Morgan fingerprint density at radius 2 is 1.48 bits per heavy atom. The molecule has 3 aromatic rings. The predicted octanol–water partition coefficient (Wildman–Crippen LogP) is 5.46. The Kier molecular flexibility index (Phi) is 11.1. The standard InChI is InChI=1S/C33H40FN3O4S/c1-42(40,41)37(30-21-12-11-20-29(30)34)23-13-22-32(38)36(25-27-16-7-3-8-17-27)31(24-26-14-5-2-6-15-26)33(39)35-28-18-9-4-10-19-28/h2-3,5-8,11-12,14-17,20-21,28,31H,4,9-10,13,18-19,22-25H2,1H3,(H,35,39)/t31-/m1/s1. The number of amides is 2. The summed E-state index contributed by atoms with van der Waals surface area (Å²) in [4.78, 5) is 29.4. The number of nitrogens with one attached hydrogen (secondary N) is 1. The minimum atomic E-state index is -3.79. The maximum Gasteiger partial charge on any atom is 0.243 e. The summed E-state index contributed by atoms with van der Waals surface area (Å²) in [6.07, 6.45) is 6.68. The largest absolute Gasteiger partial charge is 0.352 e. The number of anilines is 1. The first-order chi connectivity index (χ1) is 20.2. The lowest BCUT2D eigenvalue weighted by molar-refractivity contribution is -0.141. The lowest BCUT2D eigenvalue weighted by Crippen LogP contribution is -2.52. The van der Waals surface area contributed by atoms with E-state index in [1.807, 2.05) is 60.7 Å². The van der Waals surface area contributed by atoms with Gasteiger partial charge in [0.05, 0.1) is 11.9 Å². The highest BCUT2D eigenvalue weighted by atomic mass is 32.2. The summed E-state index contributed by atoms with van der Waals surface area (Å²) in [6.45, 7) is 0.167. The van der Waals surface area contributed by atoms with Gasteiger partial charge in [-0.3, -0.25) is 13.9 Å². The van der Waals surface area contributed by atoms with Gasteiger partial charge in [0, 0.05) is 32.0 Å². The lowest BCUT2D eigenvalue weighted by atomic mass is 9.94. The molecule has 7 nitrogen and oxygen atoms in total. The van der Waals surface area contributed by atoms with Gasteiger partial charge in [-0.25, -0.2) is 12.8 Å². The molecule has 1 fully saturated rings. The molecule has 1 aliphatic carbocycles. The number of rotatable bonds is 13. The minimum Gasteiger partial charge on any atom is -0.352 e. The molecular weight excluding hydrogens is 553 g/mol. The van der Waals surface area contributed by atoms with E-state index < -0.39 is 21.9 Å². The van der Waals surface area contributed by atoms with Gasteiger partial charge < -0.3 is 10.2 Å². The average Bonchev–Trinajstić information content (AvgIpc) is 2.98. The Morgan fingerprint density at radius 3 is 2.10 bits per heavy atom. The monoisotopic (exact) mass is 593 g/mol. The highest BCUT2D eigenvalue weighted by Gasteiger charge is 2.32. The van der Waals surface area contributed by atoms with Gasteiger partial charge in [-0.2, -0.15) is 0 Å². The van der Waals surface area contributed by atoms with Crippen molar-refractivity contribution in [3.05, 3.63) is 102 Å². The van der Waals surface area contributed by atoms with E-state index in [-0.39, 0.29) is 49.5 Å². The number of hydrogen-bond acceptors (Lipinski definition) is 4. The number of carbonyl (C=O) groups is 2. The van der Waals surface area contributed by atoms with Gasteiger partial charge in [0.1, 0.15) is 11.9 Å². The molecule has 0 radical (unpaired) electrons. The van der Waals surface area contributed by atoms with E-state index >= 15 is 0 Å². The topological polar surface area (TPSA) is 86.8 Å². The van der Waals surface area contributed by atoms with Crippen LogP contribution in [0.25, 0.3) is 0 Å². The Bertz CT molecular complexity index is 1410. The molecule has 0 bridgehead atoms. The van der Waals surface area contributed by atoms with Crippen LogP contribution in [0.4, 0.5) is 10.1 Å². The fourth-order valence-corrected chi connectivity index (χ4v) is 6.48. The maximum atomic E-state index is 14.5. The van der Waals surface area contributed by atoms with Crippen LogP contribution in [0.3, 0.4) is 0 Å². The summed E-state index contributed by atoms with van der Waals surface area (Å²) in [5.74, 6) is -1.10. The van der Waals surface area contributed by atoms with Crippen LogP contribution in [0, 0.1) is 5.82 Å². The number of nitrogens with zero attached hydrogens (tertiary/aromatic N) is 2. The molecule has 0 unspecified atom stereocenters. The lowest BCUT2D eigenvalue weighted by Gasteiger charge is -2.34. The van der Waals surface area contributed by atoms with Crippen LogP contribution >= 0.6 is 0 Å². The Morgan fingerprint density at radius 1 is 0.881 bits per heavy atom. The van der Waals surface area contributed by atoms with E-state index in [1.165, 1.54) is 18.2 Å². The number of sulfonamides is 1. The molecule has 42 heavy (non-hydrogen) atoms. The Balaban J connectivity index is 1.57. The zero-order valence-electron chi connectivity index (χ0n) is 24.1. The van der Waals surface area contributed by atoms with Crippen molar-refractivity contribution >= 4 is 27.5 Å². The quantitative estimate of drug-likeness (QED) is 0.285. The summed E-state index contributed by atoms with van der Waals surface area (Å²) in [5.41, 5.74) is 1.77. The molecule has 1 aliphatic rings. The van der Waals surface area contributed by atoms with Gasteiger partial charge in [0.15, 0.2) is 0 Å². The third kappa shape index (κ3) is 8.89. The van der Waals surface area contributed by atoms with Gasteiger partial charge in [-0.1, -0.05) is 92.1 Å². The van der Waals surface area contributed by atoms with Gasteiger partial charge in [-0.15, -0.1) is 0 Å². The van der Waals surface area contributed by atoms with Gasteiger partial charge in [-0.05, 0) is 42.5 Å². The fourth-order valence-electron chi connectivity index (χ4n) is 5.51. The van der Waals surface area contributed by atoms with Crippen molar-refractivity contribution in [2.24, 2.45) is 0 Å². The van der Waals surface area contributed by atoms with Crippen LogP contribution in [0.1, 0.15) is 56.1 Å². The van der Waals surface area contributed by atoms with E-state index in [1.54, 1.807) is 11.0 Å². The molecule has 1 saturated carbocycles. The van der Waals surface area contributed by atoms with Crippen LogP contribution < -0.4 is 9.62 Å². The zero-order valence-corrected chi connectivity index (χ0v) is 24.9. The van der Waals surface area contributed by atoms with E-state index in [0.29, 0.717) is 6.42 Å². The molecule has 1 N–H and O–H groups in total. The smallest absolute Gasteiger partial charge is 0.243 e. The van der Waals surface area contributed by atoms with Crippen molar-refractivity contribution in [3.63, 3.8) is 0 Å². The number of benzene rings is 3. The SMILES string of the molecule is CS(=O)(=O)N(CCCC(=O)N(Cc1ccccc1)[C@H](Cc1ccccc1)C(=O)NC1CCCCC1)c1ccccc1F. The Labute approximate surface area is 248 Å². The number of hydrogen-bond donors (Lipinski definition) is 1. The van der Waals surface area contributed by atoms with Crippen molar-refractivity contribution in [2.45, 2.75) is 70.0 Å². The van der Waals surface area contributed by atoms with Crippen LogP contribution in [0.5, 0.6) is 0 Å². The van der Waals surface area contributed by atoms with Crippen LogP contribution in [0.2, 0.25) is 0 Å². The molecular formula is C33H40FN3O4S. The van der Waals surface area contributed by atoms with Crippen LogP contribution in [-0.2, 0) is 32.6 Å². The summed E-state index contributed by atoms with van der Waals surface area (Å²) in [6, 6.07) is 24.2. The van der Waals surface area contributed by atoms with Gasteiger partial charge in [0.25, 0.3) is 0 Å². The number of halogens is 1. The molecule has 0 spiro atoms. The molecule has 4 rings (SSSR count). The second-order valence-electron chi connectivity index (χ2n) is 10.9. The normalized spacial score (nSPS) is 14.6. The zero-order chi connectivity index (χ0) is 30.0. The summed E-state index contributed by atoms with van der Waals surface area (Å²) >= 11 is 0. The van der Waals surface area contributed by atoms with Crippen molar-refractivity contribution < 1.29 is 22.4 Å². The van der Waals surface area contributed by atoms with Crippen LogP contribution in [-0.4, -0.2) is 50.0 Å². The van der Waals surface area contributed by atoms with E-state index in [4.69, 9.17) is 0 Å². The van der Waals surface area contributed by atoms with E-state index in [2.05, 4.69) is 5.32 Å². The van der Waals surface area contributed by atoms with Crippen molar-refractivity contribution in [2.75, 3.05) is 17.1 Å². The van der Waals surface area contributed by atoms with E-state index in [9.17, 15) is 22.4 Å². The predicted molar refractivity (Wildman–Crippen MR) is 164 cm³/mol. The number of para-hydroxylation sites is 1. The molecule has 0 heterocycles. The first-order valence-electron chi connectivity index (χ1n) is 14.6. The first-order valence-corrected chi connectivity index (χ1v) is 16.5. The second kappa shape index (κ2) is 15.0. The van der Waals surface area contributed by atoms with Crippen LogP contribution in [0.15, 0.2) is 84.9 Å². The van der Waals surface area contributed by atoms with E-state index in [0.717, 1.165) is 53.8 Å². The third-order valence-electron chi connectivity index (χ3n) is 7.69. The van der Waals surface area contributed by atoms with Crippen molar-refractivity contribution in [1.29, 1.82) is 0 Å². The highest BCUT2D eigenvalue weighted by molar-refractivity contribution is 7.92. The molecule has 0 aliphatic heterocycles. The van der Waals surface area contributed by atoms with Gasteiger partial charge >= 0.3 is 0 Å². The molecule has 224 valence electrons. The first kappa shape index (κ1) is 31.2. The number of carbonyl (C=O) groups excluding carboxylic acids is 2. The summed E-state index contributed by atoms with van der Waals surface area (Å²) in [5, 5.41) is 3.22. The Hall–Kier alpha value is -3.72. The third-order valence-corrected chi connectivity index (χ3v) is 8.87. The molecule has 2 amide bonds.